The zero-order valence-corrected chi connectivity index (χ0v) is 6.76. The molecular weight excluding hydrogens is 294 g/mol. The van der Waals surface area contributed by atoms with Gasteiger partial charge in [0.05, 0.1) is 0 Å². The molecule has 0 aliphatic rings. The van der Waals surface area contributed by atoms with Crippen molar-refractivity contribution in [2.24, 2.45) is 0 Å². The number of hydrogen-bond acceptors (Lipinski definition) is 2. The van der Waals surface area contributed by atoms with Gasteiger partial charge in [-0.1, -0.05) is 0 Å². The molecule has 0 N–H and O–H groups in total. The summed E-state index contributed by atoms with van der Waals surface area (Å²) in [6, 6.07) is 0. The first-order valence-corrected chi connectivity index (χ1v) is 2.43. The molecule has 0 heterocycles. The van der Waals surface area contributed by atoms with Crippen LogP contribution in [-0.2, 0) is 22.5 Å². The molecule has 0 rings (SSSR count). The molecule has 0 fully saturated rings. The van der Waals surface area contributed by atoms with Gasteiger partial charge in [0, 0.05) is 0 Å². The molecule has 4 heavy (non-hydrogen) atoms. The van der Waals surface area contributed by atoms with Gasteiger partial charge in [-0.05, 0) is 0 Å². The van der Waals surface area contributed by atoms with Gasteiger partial charge in [-0.3, -0.25) is 0 Å². The summed E-state index contributed by atoms with van der Waals surface area (Å²) >= 11 is 1.74. The van der Waals surface area contributed by atoms with Gasteiger partial charge in [0.15, 0.2) is 0 Å². The fourth-order valence-corrected chi connectivity index (χ4v) is 0. The monoisotopic (exact) mass is 295 g/mol. The third-order valence-electron chi connectivity index (χ3n) is 0. The Labute approximate surface area is 48.1 Å². The summed E-state index contributed by atoms with van der Waals surface area (Å²) in [5.41, 5.74) is 0. The molecule has 2 nitrogen and oxygen atoms in total. The van der Waals surface area contributed by atoms with Crippen molar-refractivity contribution in [3.63, 3.8) is 0 Å². The van der Waals surface area contributed by atoms with E-state index in [9.17, 15) is 0 Å². The van der Waals surface area contributed by atoms with Crippen molar-refractivity contribution in [2.45, 2.75) is 0 Å². The molecule has 0 aromatic heterocycles. The first-order valence-electron chi connectivity index (χ1n) is 0.358. The van der Waals surface area contributed by atoms with Gasteiger partial charge in [0.1, 0.15) is 0 Å². The predicted molar refractivity (Wildman–Crippen MR) is 7.13 cm³/mol. The van der Waals surface area contributed by atoms with Crippen molar-refractivity contribution in [1.29, 1.82) is 0 Å². The summed E-state index contributed by atoms with van der Waals surface area (Å²) < 4.78 is 16.5. The van der Waals surface area contributed by atoms with Crippen molar-refractivity contribution >= 4 is 25.8 Å². The minimum absolute atomic E-state index is 0.0556. The summed E-state index contributed by atoms with van der Waals surface area (Å²) in [6.07, 6.45) is 0. The van der Waals surface area contributed by atoms with Gasteiger partial charge < -0.3 is 0 Å². The number of rotatable bonds is 0. The van der Waals surface area contributed by atoms with Crippen LogP contribution in [0.1, 0.15) is 0 Å². The summed E-state index contributed by atoms with van der Waals surface area (Å²) in [6.45, 7) is 0. The van der Waals surface area contributed by atoms with Gasteiger partial charge in [0.25, 0.3) is 0 Å². The zero-order chi connectivity index (χ0) is 4.00. The Morgan fingerprint density at radius 2 is 1.25 bits per heavy atom. The third kappa shape index (κ3) is 11.7. The number of hydrogen-bond donors (Lipinski definition) is 0. The molecule has 0 aliphatic heterocycles. The summed E-state index contributed by atoms with van der Waals surface area (Å²) in [4.78, 5) is 0. The van der Waals surface area contributed by atoms with Crippen molar-refractivity contribution in [3.05, 3.63) is 0 Å². The second-order valence-electron chi connectivity index (χ2n) is 0. The Balaban J connectivity index is 0. The maximum atomic E-state index is 8.39. The molecule has 4 heteroatoms. The zero-order valence-electron chi connectivity index (χ0n) is 1.69. The Morgan fingerprint density at radius 1 is 1.25 bits per heavy atom. The average Bonchev–Trinajstić information content (AvgIpc) is 1.50. The topological polar surface area (TPSA) is 34.1 Å². The third-order valence-corrected chi connectivity index (χ3v) is 0. The predicted octanol–water partition coefficient (Wildman–Crippen LogP) is -0.621. The SMILES string of the molecule is [O]=[Mn].[O]=[Pb]. The average molecular weight is 294 g/mol. The van der Waals surface area contributed by atoms with E-state index in [-0.39, 0.29) is 25.8 Å². The molecule has 0 bridgehead atoms. The molecule has 0 unspecified atom stereocenters. The fraction of sp³-hybridized carbons (Fsp3) is 0. The second-order valence-corrected chi connectivity index (χ2v) is 0. The summed E-state index contributed by atoms with van der Waals surface area (Å²) in [5.74, 6) is 0. The minimum atomic E-state index is 0.0556. The van der Waals surface area contributed by atoms with Crippen LogP contribution in [0.4, 0.5) is 0 Å². The summed E-state index contributed by atoms with van der Waals surface area (Å²) in [7, 11) is 0. The molecule has 2 radical (unpaired) electrons. The van der Waals surface area contributed by atoms with E-state index in [1.807, 2.05) is 0 Å². The second kappa shape index (κ2) is 34.5. The Hall–Kier alpha value is 1.04. The van der Waals surface area contributed by atoms with Crippen LogP contribution >= 0.6 is 0 Å². The van der Waals surface area contributed by atoms with E-state index in [0.717, 1.165) is 0 Å². The maximum absolute atomic E-state index is 8.39. The first-order chi connectivity index (χ1) is 2.00. The fourth-order valence-electron chi connectivity index (χ4n) is 0. The van der Waals surface area contributed by atoms with Crippen molar-refractivity contribution in [1.82, 2.24) is 0 Å². The first kappa shape index (κ1) is 8.90. The van der Waals surface area contributed by atoms with E-state index in [0.29, 0.717) is 0 Å². The van der Waals surface area contributed by atoms with Crippen molar-refractivity contribution < 1.29 is 22.5 Å². The van der Waals surface area contributed by atoms with Gasteiger partial charge >= 0.3 is 48.2 Å². The van der Waals surface area contributed by atoms with E-state index < -0.39 is 0 Å². The Bertz CT molecular complexity index is 8.00. The molecule has 0 aromatic rings. The van der Waals surface area contributed by atoms with E-state index in [1.165, 1.54) is 0 Å². The van der Waals surface area contributed by atoms with Crippen LogP contribution in [0.25, 0.3) is 0 Å². The molecule has 0 atom stereocenters. The van der Waals surface area contributed by atoms with Crippen LogP contribution in [0.5, 0.6) is 0 Å². The van der Waals surface area contributed by atoms with Gasteiger partial charge in [0.2, 0.25) is 0 Å². The molecular formula is MnO2Pb. The standard InChI is InChI=1S/Mn.2O.Pb. The van der Waals surface area contributed by atoms with Gasteiger partial charge in [-0.25, -0.2) is 0 Å². The van der Waals surface area contributed by atoms with Crippen molar-refractivity contribution in [2.75, 3.05) is 0 Å². The Kier molecular flexibility index (Phi) is 76.7. The van der Waals surface area contributed by atoms with Crippen LogP contribution in [-0.4, -0.2) is 25.8 Å². The molecule has 23 valence electrons. The van der Waals surface area contributed by atoms with E-state index in [4.69, 9.17) is 6.52 Å². The molecule has 0 spiro atoms. The molecule has 0 amide bonds. The molecule has 0 saturated carbocycles. The van der Waals surface area contributed by atoms with Crippen LogP contribution in [0.15, 0.2) is 0 Å². The van der Waals surface area contributed by atoms with E-state index in [1.54, 1.807) is 15.9 Å². The quantitative estimate of drug-likeness (QED) is 0.558. The van der Waals surface area contributed by atoms with E-state index in [2.05, 4.69) is 0 Å². The van der Waals surface area contributed by atoms with Gasteiger partial charge in [-0.2, -0.15) is 0 Å². The molecule has 0 saturated heterocycles. The van der Waals surface area contributed by atoms with Crippen LogP contribution in [0.2, 0.25) is 0 Å². The Morgan fingerprint density at radius 3 is 1.25 bits per heavy atom. The molecule has 0 aromatic carbocycles. The van der Waals surface area contributed by atoms with Crippen LogP contribution < -0.4 is 0 Å². The van der Waals surface area contributed by atoms with Crippen molar-refractivity contribution in [3.8, 4) is 0 Å². The molecule has 0 aliphatic carbocycles. The van der Waals surface area contributed by atoms with Crippen LogP contribution in [0.3, 0.4) is 0 Å². The van der Waals surface area contributed by atoms with Gasteiger partial charge in [-0.15, -0.1) is 0 Å². The normalized spacial score (nSPS) is 2.00. The summed E-state index contributed by atoms with van der Waals surface area (Å²) in [5, 5.41) is 0. The van der Waals surface area contributed by atoms with Crippen LogP contribution in [0, 0.1) is 0 Å². The van der Waals surface area contributed by atoms with E-state index >= 15 is 0 Å².